The van der Waals surface area contributed by atoms with Crippen LogP contribution in [0, 0.1) is 30.9 Å². The molecule has 2 rings (SSSR count). The number of nitrogens with one attached hydrogen (secondary N) is 1. The van der Waals surface area contributed by atoms with Gasteiger partial charge in [-0.25, -0.2) is 0 Å². The van der Waals surface area contributed by atoms with Gasteiger partial charge in [-0.1, -0.05) is 6.07 Å². The van der Waals surface area contributed by atoms with Crippen LogP contribution in [0.5, 0.6) is 0 Å². The van der Waals surface area contributed by atoms with E-state index in [9.17, 15) is 19.7 Å². The third-order valence-corrected chi connectivity index (χ3v) is 4.05. The van der Waals surface area contributed by atoms with E-state index >= 15 is 0 Å². The van der Waals surface area contributed by atoms with Gasteiger partial charge in [-0.05, 0) is 26.3 Å². The quantitative estimate of drug-likeness (QED) is 0.478. The fourth-order valence-electron chi connectivity index (χ4n) is 2.46. The minimum Gasteiger partial charge on any atom is -0.455 e. The Labute approximate surface area is 150 Å². The van der Waals surface area contributed by atoms with Crippen LogP contribution in [0.4, 0.5) is 11.4 Å². The van der Waals surface area contributed by atoms with Crippen molar-refractivity contribution < 1.29 is 19.2 Å². The first kappa shape index (κ1) is 19.1. The average molecular weight is 360 g/mol. The summed E-state index contributed by atoms with van der Waals surface area (Å²) in [5.41, 5.74) is 3.20. The van der Waals surface area contributed by atoms with Gasteiger partial charge in [-0.15, -0.1) is 0 Å². The fourth-order valence-corrected chi connectivity index (χ4v) is 2.46. The maximum Gasteiger partial charge on any atom is 0.310 e. The molecule has 0 spiro atoms. The van der Waals surface area contributed by atoms with Crippen molar-refractivity contribution in [3.8, 4) is 0 Å². The molecule has 0 saturated carbocycles. The molecule has 1 aromatic carbocycles. The van der Waals surface area contributed by atoms with Gasteiger partial charge in [0.05, 0.1) is 22.7 Å². The number of non-ortho nitro benzene ring substituents is 1. The first-order valence-electron chi connectivity index (χ1n) is 7.88. The second kappa shape index (κ2) is 7.77. The molecule has 0 fully saturated rings. The number of esters is 1. The molecule has 0 saturated heterocycles. The number of carbonyl (C=O) groups excluding carboxylic acids is 2. The Hall–Kier alpha value is -3.23. The van der Waals surface area contributed by atoms with Gasteiger partial charge in [0.1, 0.15) is 0 Å². The molecule has 1 aromatic heterocycles. The van der Waals surface area contributed by atoms with Gasteiger partial charge in [-0.3, -0.25) is 24.4 Å². The number of nitro groups is 1. The van der Waals surface area contributed by atoms with E-state index in [2.05, 4.69) is 10.4 Å². The number of rotatable bonds is 6. The SMILES string of the molecule is Cc1ccc([N+](=O)[O-])cc1NC(=O)COC(=O)Cc1c(C)nn(C)c1C. The molecule has 138 valence electrons. The Morgan fingerprint density at radius 1 is 1.31 bits per heavy atom. The zero-order valence-electron chi connectivity index (χ0n) is 15.0. The number of amides is 1. The van der Waals surface area contributed by atoms with Crippen LogP contribution < -0.4 is 5.32 Å². The van der Waals surface area contributed by atoms with Crippen molar-refractivity contribution in [2.75, 3.05) is 11.9 Å². The zero-order valence-corrected chi connectivity index (χ0v) is 15.0. The highest BCUT2D eigenvalue weighted by molar-refractivity contribution is 5.93. The van der Waals surface area contributed by atoms with Crippen LogP contribution in [0.15, 0.2) is 18.2 Å². The van der Waals surface area contributed by atoms with E-state index in [1.807, 2.05) is 6.92 Å². The average Bonchev–Trinajstić information content (AvgIpc) is 2.81. The normalized spacial score (nSPS) is 10.5. The lowest BCUT2D eigenvalue weighted by Gasteiger charge is -2.09. The molecule has 1 N–H and O–H groups in total. The van der Waals surface area contributed by atoms with Crippen molar-refractivity contribution in [3.63, 3.8) is 0 Å². The van der Waals surface area contributed by atoms with E-state index in [1.54, 1.807) is 25.6 Å². The smallest absolute Gasteiger partial charge is 0.310 e. The number of aryl methyl sites for hydroxylation is 3. The van der Waals surface area contributed by atoms with Crippen LogP contribution in [0.25, 0.3) is 0 Å². The zero-order chi connectivity index (χ0) is 19.4. The number of hydrogen-bond acceptors (Lipinski definition) is 6. The second-order valence-corrected chi connectivity index (χ2v) is 5.91. The van der Waals surface area contributed by atoms with Gasteiger partial charge < -0.3 is 10.1 Å². The summed E-state index contributed by atoms with van der Waals surface area (Å²) < 4.78 is 6.67. The van der Waals surface area contributed by atoms with Crippen LogP contribution in [0.1, 0.15) is 22.5 Å². The highest BCUT2D eigenvalue weighted by atomic mass is 16.6. The lowest BCUT2D eigenvalue weighted by molar-refractivity contribution is -0.384. The lowest BCUT2D eigenvalue weighted by Crippen LogP contribution is -2.22. The summed E-state index contributed by atoms with van der Waals surface area (Å²) in [6, 6.07) is 4.15. The standard InChI is InChI=1S/C17H20N4O5/c1-10-5-6-13(21(24)25)7-15(10)18-16(22)9-26-17(23)8-14-11(2)19-20(4)12(14)3/h5-7H,8-9H2,1-4H3,(H,18,22). The molecule has 2 aromatic rings. The molecular formula is C17H20N4O5. The number of anilines is 1. The summed E-state index contributed by atoms with van der Waals surface area (Å²) in [5, 5.41) is 17.5. The van der Waals surface area contributed by atoms with Crippen molar-refractivity contribution in [1.29, 1.82) is 0 Å². The molecule has 26 heavy (non-hydrogen) atoms. The number of carbonyl (C=O) groups is 2. The Bertz CT molecular complexity index is 872. The largest absolute Gasteiger partial charge is 0.455 e. The maximum absolute atomic E-state index is 12.0. The van der Waals surface area contributed by atoms with Gasteiger partial charge in [0.15, 0.2) is 6.61 Å². The third kappa shape index (κ3) is 4.44. The predicted molar refractivity (Wildman–Crippen MR) is 93.8 cm³/mol. The molecule has 9 heteroatoms. The van der Waals surface area contributed by atoms with Crippen LogP contribution in [-0.2, 0) is 27.8 Å². The van der Waals surface area contributed by atoms with Crippen LogP contribution in [0.3, 0.4) is 0 Å². The van der Waals surface area contributed by atoms with Crippen molar-refractivity contribution in [1.82, 2.24) is 9.78 Å². The van der Waals surface area contributed by atoms with E-state index in [4.69, 9.17) is 4.74 Å². The summed E-state index contributed by atoms with van der Waals surface area (Å²) in [4.78, 5) is 34.2. The number of ether oxygens (including phenoxy) is 1. The minimum atomic E-state index is -0.568. The van der Waals surface area contributed by atoms with Gasteiger partial charge in [0, 0.05) is 30.4 Å². The topological polar surface area (TPSA) is 116 Å². The molecule has 0 bridgehead atoms. The summed E-state index contributed by atoms with van der Waals surface area (Å²) in [5.74, 6) is -1.11. The van der Waals surface area contributed by atoms with Crippen molar-refractivity contribution in [3.05, 3.63) is 50.8 Å². The Balaban J connectivity index is 1.93. The number of benzene rings is 1. The Morgan fingerprint density at radius 3 is 2.58 bits per heavy atom. The van der Waals surface area contributed by atoms with E-state index in [0.29, 0.717) is 11.3 Å². The van der Waals surface area contributed by atoms with E-state index in [1.165, 1.54) is 18.2 Å². The third-order valence-electron chi connectivity index (χ3n) is 4.05. The van der Waals surface area contributed by atoms with Gasteiger partial charge in [0.25, 0.3) is 11.6 Å². The first-order chi connectivity index (χ1) is 12.2. The number of hydrogen-bond donors (Lipinski definition) is 1. The second-order valence-electron chi connectivity index (χ2n) is 5.91. The minimum absolute atomic E-state index is 0.0224. The van der Waals surface area contributed by atoms with Crippen LogP contribution >= 0.6 is 0 Å². The summed E-state index contributed by atoms with van der Waals surface area (Å²) in [6.45, 7) is 4.88. The number of aromatic nitrogens is 2. The monoisotopic (exact) mass is 360 g/mol. The molecule has 0 aliphatic heterocycles. The predicted octanol–water partition coefficient (Wildman–Crippen LogP) is 1.98. The van der Waals surface area contributed by atoms with Crippen molar-refractivity contribution >= 4 is 23.3 Å². The molecule has 0 aliphatic rings. The number of nitro benzene ring substituents is 1. The van der Waals surface area contributed by atoms with Crippen LogP contribution in [-0.4, -0.2) is 33.2 Å². The van der Waals surface area contributed by atoms with Crippen molar-refractivity contribution in [2.24, 2.45) is 7.05 Å². The Morgan fingerprint density at radius 2 is 2.00 bits per heavy atom. The lowest BCUT2D eigenvalue weighted by atomic mass is 10.1. The Kier molecular flexibility index (Phi) is 5.71. The fraction of sp³-hybridized carbons (Fsp3) is 0.353. The highest BCUT2D eigenvalue weighted by Gasteiger charge is 2.16. The summed E-state index contributed by atoms with van der Waals surface area (Å²) >= 11 is 0. The van der Waals surface area contributed by atoms with Gasteiger partial charge >= 0.3 is 5.97 Å². The molecule has 1 heterocycles. The molecule has 0 atom stereocenters. The van der Waals surface area contributed by atoms with Crippen molar-refractivity contribution in [2.45, 2.75) is 27.2 Å². The molecule has 0 aliphatic carbocycles. The van der Waals surface area contributed by atoms with E-state index in [0.717, 1.165) is 17.0 Å². The van der Waals surface area contributed by atoms with Gasteiger partial charge in [0.2, 0.25) is 0 Å². The maximum atomic E-state index is 12.0. The van der Waals surface area contributed by atoms with E-state index in [-0.39, 0.29) is 12.1 Å². The molecular weight excluding hydrogens is 340 g/mol. The first-order valence-corrected chi connectivity index (χ1v) is 7.88. The highest BCUT2D eigenvalue weighted by Crippen LogP contribution is 2.21. The number of nitrogens with zero attached hydrogens (tertiary/aromatic N) is 3. The van der Waals surface area contributed by atoms with Gasteiger partial charge in [-0.2, -0.15) is 5.10 Å². The summed E-state index contributed by atoms with van der Waals surface area (Å²) in [7, 11) is 1.78. The van der Waals surface area contributed by atoms with E-state index < -0.39 is 23.4 Å². The van der Waals surface area contributed by atoms with Crippen LogP contribution in [0.2, 0.25) is 0 Å². The molecule has 0 unspecified atom stereocenters. The molecule has 9 nitrogen and oxygen atoms in total. The summed E-state index contributed by atoms with van der Waals surface area (Å²) in [6.07, 6.45) is 0.0224. The molecule has 0 radical (unpaired) electrons. The molecule has 1 amide bonds.